The molecule has 1 fully saturated rings. The van der Waals surface area contributed by atoms with Crippen molar-refractivity contribution in [3.05, 3.63) is 12.3 Å². The summed E-state index contributed by atoms with van der Waals surface area (Å²) in [4.78, 5) is 10.7. The Balaban J connectivity index is 2.09. The number of likely N-dealkylation sites (N-methyl/N-ethyl adjacent to an activating group) is 1. The molecule has 15 heavy (non-hydrogen) atoms. The van der Waals surface area contributed by atoms with Crippen molar-refractivity contribution in [2.45, 2.75) is 12.5 Å². The highest BCUT2D eigenvalue weighted by molar-refractivity contribution is 5.34. The predicted molar refractivity (Wildman–Crippen MR) is 58.3 cm³/mol. The molecular formula is C10H16N4O. The number of nitrogens with zero attached hydrogens (tertiary/aromatic N) is 3. The number of rotatable bonds is 3. The van der Waals surface area contributed by atoms with Gasteiger partial charge in [-0.25, -0.2) is 4.98 Å². The molecule has 1 aliphatic rings. The van der Waals surface area contributed by atoms with Gasteiger partial charge in [0.1, 0.15) is 0 Å². The molecule has 0 aliphatic carbocycles. The molecule has 0 radical (unpaired) electrons. The third kappa shape index (κ3) is 2.18. The fraction of sp³-hybridized carbons (Fsp3) is 0.600. The van der Waals surface area contributed by atoms with E-state index in [1.807, 2.05) is 7.05 Å². The van der Waals surface area contributed by atoms with Crippen LogP contribution >= 0.6 is 0 Å². The van der Waals surface area contributed by atoms with E-state index in [9.17, 15) is 0 Å². The van der Waals surface area contributed by atoms with E-state index in [4.69, 9.17) is 4.74 Å². The highest BCUT2D eigenvalue weighted by atomic mass is 16.5. The molecule has 1 atom stereocenters. The molecule has 2 rings (SSSR count). The van der Waals surface area contributed by atoms with Crippen LogP contribution in [0.4, 0.5) is 5.95 Å². The lowest BCUT2D eigenvalue weighted by molar-refractivity contribution is 0.397. The Morgan fingerprint density at radius 2 is 2.47 bits per heavy atom. The maximum absolute atomic E-state index is 5.07. The molecule has 0 bridgehead atoms. The van der Waals surface area contributed by atoms with Gasteiger partial charge in [-0.3, -0.25) is 0 Å². The summed E-state index contributed by atoms with van der Waals surface area (Å²) in [6, 6.07) is 2.30. The standard InChI is InChI=1S/C10H16N4O/c1-11-8-4-6-14(7-8)10-12-5-3-9(13-10)15-2/h3,5,8,11H,4,6-7H2,1-2H3. The van der Waals surface area contributed by atoms with E-state index in [1.165, 1.54) is 0 Å². The van der Waals surface area contributed by atoms with E-state index in [2.05, 4.69) is 20.2 Å². The van der Waals surface area contributed by atoms with Crippen molar-refractivity contribution in [3.63, 3.8) is 0 Å². The van der Waals surface area contributed by atoms with Gasteiger partial charge in [0.05, 0.1) is 7.11 Å². The predicted octanol–water partition coefficient (Wildman–Crippen LogP) is 0.283. The minimum absolute atomic E-state index is 0.541. The number of hydrogen-bond acceptors (Lipinski definition) is 5. The van der Waals surface area contributed by atoms with E-state index in [1.54, 1.807) is 19.4 Å². The van der Waals surface area contributed by atoms with Crippen molar-refractivity contribution in [2.24, 2.45) is 0 Å². The Labute approximate surface area is 89.5 Å². The van der Waals surface area contributed by atoms with Crippen LogP contribution in [0.2, 0.25) is 0 Å². The molecule has 82 valence electrons. The lowest BCUT2D eigenvalue weighted by atomic mass is 10.3. The average Bonchev–Trinajstić information content (AvgIpc) is 2.78. The van der Waals surface area contributed by atoms with Gasteiger partial charge in [-0.1, -0.05) is 0 Å². The first-order valence-corrected chi connectivity index (χ1v) is 5.12. The highest BCUT2D eigenvalue weighted by Gasteiger charge is 2.22. The summed E-state index contributed by atoms with van der Waals surface area (Å²) in [5.41, 5.74) is 0. The summed E-state index contributed by atoms with van der Waals surface area (Å²) in [7, 11) is 3.60. The van der Waals surface area contributed by atoms with E-state index < -0.39 is 0 Å². The zero-order chi connectivity index (χ0) is 10.7. The average molecular weight is 208 g/mol. The van der Waals surface area contributed by atoms with Gasteiger partial charge >= 0.3 is 0 Å². The zero-order valence-corrected chi connectivity index (χ0v) is 9.10. The molecule has 0 aromatic carbocycles. The minimum atomic E-state index is 0.541. The fourth-order valence-corrected chi connectivity index (χ4v) is 1.78. The first-order chi connectivity index (χ1) is 7.33. The second-order valence-corrected chi connectivity index (χ2v) is 3.62. The van der Waals surface area contributed by atoms with Crippen LogP contribution in [0.5, 0.6) is 5.88 Å². The molecule has 1 N–H and O–H groups in total. The Morgan fingerprint density at radius 3 is 3.13 bits per heavy atom. The van der Waals surface area contributed by atoms with Gasteiger partial charge < -0.3 is 15.0 Å². The number of methoxy groups -OCH3 is 1. The first kappa shape index (κ1) is 10.2. The van der Waals surface area contributed by atoms with E-state index >= 15 is 0 Å². The molecule has 1 aliphatic heterocycles. The summed E-state index contributed by atoms with van der Waals surface area (Å²) in [6.07, 6.45) is 2.87. The number of aromatic nitrogens is 2. The van der Waals surface area contributed by atoms with Gasteiger partial charge in [-0.15, -0.1) is 0 Å². The molecule has 0 amide bonds. The van der Waals surface area contributed by atoms with Crippen molar-refractivity contribution in [1.29, 1.82) is 0 Å². The molecule has 2 heterocycles. The van der Waals surface area contributed by atoms with E-state index in [0.29, 0.717) is 11.9 Å². The van der Waals surface area contributed by atoms with Gasteiger partial charge in [-0.2, -0.15) is 4.98 Å². The smallest absolute Gasteiger partial charge is 0.228 e. The van der Waals surface area contributed by atoms with E-state index in [-0.39, 0.29) is 0 Å². The molecule has 0 spiro atoms. The van der Waals surface area contributed by atoms with Crippen molar-refractivity contribution in [3.8, 4) is 5.88 Å². The van der Waals surface area contributed by atoms with Crippen molar-refractivity contribution in [1.82, 2.24) is 15.3 Å². The second kappa shape index (κ2) is 4.44. The lowest BCUT2D eigenvalue weighted by Gasteiger charge is -2.16. The number of anilines is 1. The van der Waals surface area contributed by atoms with Gasteiger partial charge in [0.15, 0.2) is 0 Å². The van der Waals surface area contributed by atoms with Gasteiger partial charge in [0, 0.05) is 31.4 Å². The molecule has 1 saturated heterocycles. The molecule has 0 saturated carbocycles. The van der Waals surface area contributed by atoms with Crippen molar-refractivity contribution < 1.29 is 4.74 Å². The summed E-state index contributed by atoms with van der Waals surface area (Å²) in [5, 5.41) is 3.26. The maximum atomic E-state index is 5.07. The largest absolute Gasteiger partial charge is 0.481 e. The second-order valence-electron chi connectivity index (χ2n) is 3.62. The zero-order valence-electron chi connectivity index (χ0n) is 9.10. The Hall–Kier alpha value is -1.36. The Bertz CT molecular complexity index is 331. The number of nitrogens with one attached hydrogen (secondary N) is 1. The van der Waals surface area contributed by atoms with Crippen LogP contribution in [0.25, 0.3) is 0 Å². The fourth-order valence-electron chi connectivity index (χ4n) is 1.78. The van der Waals surface area contributed by atoms with Crippen LogP contribution in [-0.4, -0.2) is 43.3 Å². The molecular weight excluding hydrogens is 192 g/mol. The SMILES string of the molecule is CNC1CCN(c2nccc(OC)n2)C1. The number of ether oxygens (including phenoxy) is 1. The summed E-state index contributed by atoms with van der Waals surface area (Å²) < 4.78 is 5.07. The first-order valence-electron chi connectivity index (χ1n) is 5.12. The molecule has 1 aromatic rings. The Morgan fingerprint density at radius 1 is 1.60 bits per heavy atom. The van der Waals surface area contributed by atoms with Crippen LogP contribution in [-0.2, 0) is 0 Å². The normalized spacial score (nSPS) is 20.7. The maximum Gasteiger partial charge on any atom is 0.228 e. The molecule has 5 nitrogen and oxygen atoms in total. The van der Waals surface area contributed by atoms with Crippen molar-refractivity contribution >= 4 is 5.95 Å². The molecule has 1 unspecified atom stereocenters. The summed E-state index contributed by atoms with van der Waals surface area (Å²) in [6.45, 7) is 1.96. The van der Waals surface area contributed by atoms with Crippen LogP contribution in [0, 0.1) is 0 Å². The highest BCUT2D eigenvalue weighted by Crippen LogP contribution is 2.17. The van der Waals surface area contributed by atoms with Crippen LogP contribution in [0.1, 0.15) is 6.42 Å². The minimum Gasteiger partial charge on any atom is -0.481 e. The Kier molecular flexibility index (Phi) is 3.01. The number of hydrogen-bond donors (Lipinski definition) is 1. The topological polar surface area (TPSA) is 50.3 Å². The third-order valence-electron chi connectivity index (χ3n) is 2.71. The quantitative estimate of drug-likeness (QED) is 0.773. The molecule has 5 heteroatoms. The van der Waals surface area contributed by atoms with Crippen LogP contribution in [0.3, 0.4) is 0 Å². The summed E-state index contributed by atoms with van der Waals surface area (Å²) in [5.74, 6) is 1.38. The van der Waals surface area contributed by atoms with Gasteiger partial charge in [0.2, 0.25) is 11.8 Å². The van der Waals surface area contributed by atoms with Gasteiger partial charge in [0.25, 0.3) is 0 Å². The van der Waals surface area contributed by atoms with Crippen LogP contribution < -0.4 is 15.0 Å². The van der Waals surface area contributed by atoms with Gasteiger partial charge in [-0.05, 0) is 13.5 Å². The van der Waals surface area contributed by atoms with E-state index in [0.717, 1.165) is 25.5 Å². The monoisotopic (exact) mass is 208 g/mol. The third-order valence-corrected chi connectivity index (χ3v) is 2.71. The lowest BCUT2D eigenvalue weighted by Crippen LogP contribution is -2.30. The summed E-state index contributed by atoms with van der Waals surface area (Å²) >= 11 is 0. The molecule has 1 aromatic heterocycles. The van der Waals surface area contributed by atoms with Crippen molar-refractivity contribution in [2.75, 3.05) is 32.1 Å². The van der Waals surface area contributed by atoms with Crippen LogP contribution in [0.15, 0.2) is 12.3 Å².